The molecule has 0 bridgehead atoms. The Morgan fingerprint density at radius 2 is 2.12 bits per heavy atom. The lowest BCUT2D eigenvalue weighted by atomic mass is 10.1. The summed E-state index contributed by atoms with van der Waals surface area (Å²) in [7, 11) is 0. The van der Waals surface area contributed by atoms with E-state index in [1.165, 1.54) is 0 Å². The predicted molar refractivity (Wildman–Crippen MR) is 66.5 cm³/mol. The van der Waals surface area contributed by atoms with Crippen LogP contribution in [-0.4, -0.2) is 18.6 Å². The van der Waals surface area contributed by atoms with Gasteiger partial charge in [0.25, 0.3) is 0 Å². The zero-order valence-corrected chi connectivity index (χ0v) is 10.5. The standard InChI is InChI=1S/C12H12BrNO2/c1-2-15-11-8-10(13)12(14-16-11)9-6-4-3-5-7-9/h3-8,11H,2H2,1H3. The first kappa shape index (κ1) is 11.4. The van der Waals surface area contributed by atoms with Gasteiger partial charge in [-0.2, -0.15) is 0 Å². The molecule has 1 atom stereocenters. The molecule has 0 aromatic heterocycles. The van der Waals surface area contributed by atoms with E-state index in [0.717, 1.165) is 15.8 Å². The van der Waals surface area contributed by atoms with Crippen LogP contribution >= 0.6 is 15.9 Å². The van der Waals surface area contributed by atoms with E-state index in [2.05, 4.69) is 21.1 Å². The topological polar surface area (TPSA) is 30.8 Å². The Morgan fingerprint density at radius 3 is 2.75 bits per heavy atom. The molecule has 2 rings (SSSR count). The molecule has 1 aromatic rings. The Balaban J connectivity index is 2.18. The van der Waals surface area contributed by atoms with Gasteiger partial charge in [0.1, 0.15) is 5.71 Å². The van der Waals surface area contributed by atoms with E-state index < -0.39 is 6.29 Å². The number of hydrogen-bond donors (Lipinski definition) is 0. The largest absolute Gasteiger partial charge is 0.358 e. The molecule has 0 fully saturated rings. The van der Waals surface area contributed by atoms with Crippen LogP contribution in [-0.2, 0) is 9.57 Å². The summed E-state index contributed by atoms with van der Waals surface area (Å²) >= 11 is 3.47. The first-order chi connectivity index (χ1) is 7.81. The molecule has 1 aromatic carbocycles. The molecule has 0 N–H and O–H groups in total. The Morgan fingerprint density at radius 1 is 1.38 bits per heavy atom. The van der Waals surface area contributed by atoms with Crippen LogP contribution in [0.4, 0.5) is 0 Å². The maximum atomic E-state index is 5.30. The summed E-state index contributed by atoms with van der Waals surface area (Å²) in [6.45, 7) is 2.51. The molecule has 16 heavy (non-hydrogen) atoms. The monoisotopic (exact) mass is 281 g/mol. The number of oxime groups is 1. The number of allylic oxidation sites excluding steroid dienone is 1. The van der Waals surface area contributed by atoms with Crippen LogP contribution < -0.4 is 0 Å². The first-order valence-electron chi connectivity index (χ1n) is 5.10. The fourth-order valence-corrected chi connectivity index (χ4v) is 1.92. The maximum absolute atomic E-state index is 5.30. The molecule has 0 aliphatic carbocycles. The second kappa shape index (κ2) is 5.27. The summed E-state index contributed by atoms with van der Waals surface area (Å²) < 4.78 is 6.19. The zero-order chi connectivity index (χ0) is 11.4. The third-order valence-corrected chi connectivity index (χ3v) is 2.77. The lowest BCUT2D eigenvalue weighted by Gasteiger charge is -2.17. The molecule has 1 aliphatic heterocycles. The van der Waals surface area contributed by atoms with Crippen LogP contribution in [0, 0.1) is 0 Å². The average Bonchev–Trinajstić information content (AvgIpc) is 2.31. The average molecular weight is 282 g/mol. The zero-order valence-electron chi connectivity index (χ0n) is 8.89. The molecule has 0 saturated heterocycles. The fourth-order valence-electron chi connectivity index (χ4n) is 1.41. The van der Waals surface area contributed by atoms with Crippen LogP contribution in [0.3, 0.4) is 0 Å². The SMILES string of the molecule is CCOC1C=C(Br)C(c2ccccc2)=NO1. The van der Waals surface area contributed by atoms with Gasteiger partial charge in [0, 0.05) is 22.7 Å². The number of ether oxygens (including phenoxy) is 1. The first-order valence-corrected chi connectivity index (χ1v) is 5.89. The van der Waals surface area contributed by atoms with Crippen molar-refractivity contribution < 1.29 is 9.57 Å². The van der Waals surface area contributed by atoms with Crippen molar-refractivity contribution >= 4 is 21.6 Å². The third kappa shape index (κ3) is 2.51. The molecule has 1 aliphatic rings. The quantitative estimate of drug-likeness (QED) is 0.853. The maximum Gasteiger partial charge on any atom is 0.247 e. The Labute approximate surface area is 103 Å². The molecule has 84 valence electrons. The number of hydrogen-bond acceptors (Lipinski definition) is 3. The van der Waals surface area contributed by atoms with E-state index in [9.17, 15) is 0 Å². The van der Waals surface area contributed by atoms with Crippen molar-refractivity contribution in [3.63, 3.8) is 0 Å². The summed E-state index contributed by atoms with van der Waals surface area (Å²) in [4.78, 5) is 5.22. The van der Waals surface area contributed by atoms with Gasteiger partial charge in [-0.15, -0.1) is 0 Å². The van der Waals surface area contributed by atoms with Gasteiger partial charge in [-0.1, -0.05) is 35.5 Å². The fraction of sp³-hybridized carbons (Fsp3) is 0.250. The van der Waals surface area contributed by atoms with Crippen LogP contribution in [0.1, 0.15) is 12.5 Å². The minimum atomic E-state index is -0.396. The normalized spacial score (nSPS) is 19.8. The minimum absolute atomic E-state index is 0.396. The number of halogens is 1. The predicted octanol–water partition coefficient (Wildman–Crippen LogP) is 3.06. The van der Waals surface area contributed by atoms with Gasteiger partial charge in [-0.25, -0.2) is 0 Å². The molecular weight excluding hydrogens is 270 g/mol. The van der Waals surface area contributed by atoms with Crippen molar-refractivity contribution in [2.24, 2.45) is 5.16 Å². The molecular formula is C12H12BrNO2. The van der Waals surface area contributed by atoms with Gasteiger partial charge < -0.3 is 9.57 Å². The van der Waals surface area contributed by atoms with Gasteiger partial charge in [-0.3, -0.25) is 0 Å². The smallest absolute Gasteiger partial charge is 0.247 e. The van der Waals surface area contributed by atoms with E-state index in [0.29, 0.717) is 6.61 Å². The lowest BCUT2D eigenvalue weighted by Crippen LogP contribution is -2.19. The molecule has 0 saturated carbocycles. The van der Waals surface area contributed by atoms with Crippen molar-refractivity contribution in [1.82, 2.24) is 0 Å². The second-order valence-corrected chi connectivity index (χ2v) is 4.10. The van der Waals surface area contributed by atoms with Crippen LogP contribution in [0.25, 0.3) is 0 Å². The molecule has 1 heterocycles. The van der Waals surface area contributed by atoms with Gasteiger partial charge in [-0.05, 0) is 22.9 Å². The molecule has 1 unspecified atom stereocenters. The summed E-state index contributed by atoms with van der Waals surface area (Å²) in [5.41, 5.74) is 1.80. The molecule has 4 heteroatoms. The van der Waals surface area contributed by atoms with E-state index >= 15 is 0 Å². The van der Waals surface area contributed by atoms with E-state index in [4.69, 9.17) is 9.57 Å². The Bertz CT molecular complexity index is 414. The highest BCUT2D eigenvalue weighted by Gasteiger charge is 2.18. The minimum Gasteiger partial charge on any atom is -0.358 e. The lowest BCUT2D eigenvalue weighted by molar-refractivity contribution is -0.108. The van der Waals surface area contributed by atoms with Gasteiger partial charge in [0.2, 0.25) is 6.29 Å². The van der Waals surface area contributed by atoms with Crippen molar-refractivity contribution in [1.29, 1.82) is 0 Å². The Hall–Kier alpha value is -1.13. The summed E-state index contributed by atoms with van der Waals surface area (Å²) in [5, 5.41) is 4.06. The van der Waals surface area contributed by atoms with Gasteiger partial charge in [0.05, 0.1) is 0 Å². The van der Waals surface area contributed by atoms with E-state index in [1.54, 1.807) is 0 Å². The van der Waals surface area contributed by atoms with Crippen LogP contribution in [0.2, 0.25) is 0 Å². The second-order valence-electron chi connectivity index (χ2n) is 3.25. The van der Waals surface area contributed by atoms with Crippen molar-refractivity contribution in [2.75, 3.05) is 6.61 Å². The molecule has 0 amide bonds. The summed E-state index contributed by atoms with van der Waals surface area (Å²) in [6.07, 6.45) is 1.46. The van der Waals surface area contributed by atoms with Crippen molar-refractivity contribution in [2.45, 2.75) is 13.2 Å². The Kier molecular flexibility index (Phi) is 3.74. The molecule has 0 radical (unpaired) electrons. The highest BCUT2D eigenvalue weighted by molar-refractivity contribution is 9.12. The van der Waals surface area contributed by atoms with Crippen molar-refractivity contribution in [3.05, 3.63) is 46.5 Å². The van der Waals surface area contributed by atoms with Gasteiger partial charge >= 0.3 is 0 Å². The number of nitrogens with zero attached hydrogens (tertiary/aromatic N) is 1. The van der Waals surface area contributed by atoms with Crippen molar-refractivity contribution in [3.8, 4) is 0 Å². The molecule has 0 spiro atoms. The summed E-state index contributed by atoms with van der Waals surface area (Å²) in [6, 6.07) is 9.87. The highest BCUT2D eigenvalue weighted by atomic mass is 79.9. The van der Waals surface area contributed by atoms with E-state index in [-0.39, 0.29) is 0 Å². The van der Waals surface area contributed by atoms with Crippen LogP contribution in [0.15, 0.2) is 46.0 Å². The van der Waals surface area contributed by atoms with Gasteiger partial charge in [0.15, 0.2) is 0 Å². The van der Waals surface area contributed by atoms with Crippen LogP contribution in [0.5, 0.6) is 0 Å². The number of benzene rings is 1. The highest BCUT2D eigenvalue weighted by Crippen LogP contribution is 2.21. The molecule has 3 nitrogen and oxygen atoms in total. The van der Waals surface area contributed by atoms with E-state index in [1.807, 2.05) is 43.3 Å². The number of rotatable bonds is 3. The third-order valence-electron chi connectivity index (χ3n) is 2.13. The summed E-state index contributed by atoms with van der Waals surface area (Å²) in [5.74, 6) is 0.